The van der Waals surface area contributed by atoms with Gasteiger partial charge in [-0.05, 0) is 26.7 Å². The van der Waals surface area contributed by atoms with E-state index in [1.807, 2.05) is 34.6 Å². The third-order valence-electron chi connectivity index (χ3n) is 1.75. The highest BCUT2D eigenvalue weighted by Gasteiger charge is 2.26. The van der Waals surface area contributed by atoms with Crippen LogP contribution < -0.4 is 16.4 Å². The Balaban J connectivity index is 4.50. The van der Waals surface area contributed by atoms with Crippen molar-refractivity contribution >= 4 is 11.9 Å². The van der Waals surface area contributed by atoms with Crippen LogP contribution in [0.4, 0.5) is 4.79 Å². The van der Waals surface area contributed by atoms with Crippen molar-refractivity contribution in [2.45, 2.75) is 46.2 Å². The van der Waals surface area contributed by atoms with Crippen molar-refractivity contribution in [3.8, 4) is 0 Å². The van der Waals surface area contributed by atoms with Crippen molar-refractivity contribution in [1.82, 2.24) is 10.6 Å². The number of primary amides is 1. The molecule has 5 heteroatoms. The molecule has 4 N–H and O–H groups in total. The molecule has 0 saturated carbocycles. The van der Waals surface area contributed by atoms with Crippen LogP contribution in [0.3, 0.4) is 0 Å². The summed E-state index contributed by atoms with van der Waals surface area (Å²) in [6, 6.07) is -1.26. The molecule has 0 aromatic heterocycles. The average molecular weight is 215 g/mol. The van der Waals surface area contributed by atoms with Gasteiger partial charge in [0.25, 0.3) is 0 Å². The van der Waals surface area contributed by atoms with Gasteiger partial charge in [-0.1, -0.05) is 13.8 Å². The molecule has 0 aromatic rings. The molecule has 88 valence electrons. The number of hydrogen-bond donors (Lipinski definition) is 3. The Bertz CT molecular complexity index is 244. The van der Waals surface area contributed by atoms with Gasteiger partial charge in [-0.2, -0.15) is 0 Å². The van der Waals surface area contributed by atoms with Crippen LogP contribution in [-0.4, -0.2) is 23.5 Å². The summed E-state index contributed by atoms with van der Waals surface area (Å²) in [6.45, 7) is 9.34. The van der Waals surface area contributed by atoms with Crippen molar-refractivity contribution in [3.05, 3.63) is 0 Å². The highest BCUT2D eigenvalue weighted by molar-refractivity contribution is 5.87. The van der Waals surface area contributed by atoms with Gasteiger partial charge in [0.15, 0.2) is 0 Å². The Morgan fingerprint density at radius 1 is 1.20 bits per heavy atom. The molecule has 0 spiro atoms. The first kappa shape index (κ1) is 13.7. The topological polar surface area (TPSA) is 84.2 Å². The lowest BCUT2D eigenvalue weighted by Crippen LogP contribution is -2.55. The summed E-state index contributed by atoms with van der Waals surface area (Å²) in [5.74, 6) is -0.212. The van der Waals surface area contributed by atoms with Crippen molar-refractivity contribution < 1.29 is 9.59 Å². The molecule has 5 nitrogen and oxygen atoms in total. The molecular weight excluding hydrogens is 194 g/mol. The highest BCUT2D eigenvalue weighted by atomic mass is 16.2. The van der Waals surface area contributed by atoms with Gasteiger partial charge in [-0.15, -0.1) is 0 Å². The fraction of sp³-hybridized carbons (Fsp3) is 0.800. The summed E-state index contributed by atoms with van der Waals surface area (Å²) < 4.78 is 0. The first-order valence-corrected chi connectivity index (χ1v) is 5.01. The maximum atomic E-state index is 11.8. The Labute approximate surface area is 90.8 Å². The van der Waals surface area contributed by atoms with E-state index in [2.05, 4.69) is 10.6 Å². The van der Waals surface area contributed by atoms with E-state index < -0.39 is 12.1 Å². The Morgan fingerprint density at radius 2 is 1.67 bits per heavy atom. The third-order valence-corrected chi connectivity index (χ3v) is 1.75. The number of carbonyl (C=O) groups excluding carboxylic acids is 2. The van der Waals surface area contributed by atoms with E-state index in [-0.39, 0.29) is 17.4 Å². The third kappa shape index (κ3) is 5.93. The zero-order valence-electron chi connectivity index (χ0n) is 10.0. The van der Waals surface area contributed by atoms with Crippen LogP contribution in [0, 0.1) is 5.92 Å². The molecule has 0 aliphatic heterocycles. The molecule has 0 saturated heterocycles. The second-order valence-corrected chi connectivity index (χ2v) is 4.97. The Hall–Kier alpha value is -1.26. The minimum absolute atomic E-state index is 0.000139. The van der Waals surface area contributed by atoms with Crippen molar-refractivity contribution in [1.29, 1.82) is 0 Å². The normalized spacial score (nSPS) is 13.5. The van der Waals surface area contributed by atoms with Gasteiger partial charge in [0.1, 0.15) is 6.04 Å². The summed E-state index contributed by atoms with van der Waals surface area (Å²) in [5, 5.41) is 5.23. The van der Waals surface area contributed by atoms with Crippen LogP contribution in [0.15, 0.2) is 0 Å². The molecule has 1 atom stereocenters. The van der Waals surface area contributed by atoms with Gasteiger partial charge in [0.05, 0.1) is 0 Å². The molecule has 0 aliphatic rings. The lowest BCUT2D eigenvalue weighted by atomic mass is 10.0. The lowest BCUT2D eigenvalue weighted by molar-refractivity contribution is -0.125. The van der Waals surface area contributed by atoms with Gasteiger partial charge < -0.3 is 16.4 Å². The summed E-state index contributed by atoms with van der Waals surface area (Å²) in [6.07, 6.45) is 0. The molecule has 3 amide bonds. The van der Waals surface area contributed by atoms with E-state index in [0.29, 0.717) is 0 Å². The van der Waals surface area contributed by atoms with Crippen LogP contribution in [-0.2, 0) is 4.79 Å². The molecule has 0 aromatic carbocycles. The summed E-state index contributed by atoms with van der Waals surface area (Å²) in [5.41, 5.74) is 4.69. The van der Waals surface area contributed by atoms with Gasteiger partial charge in [-0.25, -0.2) is 4.79 Å². The first-order valence-electron chi connectivity index (χ1n) is 5.01. The smallest absolute Gasteiger partial charge is 0.312 e. The van der Waals surface area contributed by atoms with E-state index in [4.69, 9.17) is 5.73 Å². The Morgan fingerprint density at radius 3 is 1.93 bits per heavy atom. The molecule has 0 heterocycles. The SMILES string of the molecule is CC(C)C(NC(N)=O)C(=O)NC(C)(C)C. The number of urea groups is 1. The van der Waals surface area contributed by atoms with E-state index >= 15 is 0 Å². The van der Waals surface area contributed by atoms with Crippen molar-refractivity contribution in [2.75, 3.05) is 0 Å². The van der Waals surface area contributed by atoms with E-state index in [1.54, 1.807) is 0 Å². The monoisotopic (exact) mass is 215 g/mol. The second kappa shape index (κ2) is 5.00. The number of rotatable bonds is 3. The lowest BCUT2D eigenvalue weighted by Gasteiger charge is -2.26. The van der Waals surface area contributed by atoms with Crippen LogP contribution >= 0.6 is 0 Å². The number of nitrogens with one attached hydrogen (secondary N) is 2. The van der Waals surface area contributed by atoms with Gasteiger partial charge >= 0.3 is 6.03 Å². The maximum absolute atomic E-state index is 11.8. The van der Waals surface area contributed by atoms with E-state index in [1.165, 1.54) is 0 Å². The zero-order valence-corrected chi connectivity index (χ0v) is 10.0. The molecule has 0 fully saturated rings. The highest BCUT2D eigenvalue weighted by Crippen LogP contribution is 2.05. The zero-order chi connectivity index (χ0) is 12.2. The van der Waals surface area contributed by atoms with Crippen LogP contribution in [0.5, 0.6) is 0 Å². The number of carbonyl (C=O) groups is 2. The maximum Gasteiger partial charge on any atom is 0.312 e. The second-order valence-electron chi connectivity index (χ2n) is 4.97. The number of amides is 3. The van der Waals surface area contributed by atoms with Crippen molar-refractivity contribution in [3.63, 3.8) is 0 Å². The average Bonchev–Trinajstić information content (AvgIpc) is 1.95. The van der Waals surface area contributed by atoms with Crippen LogP contribution in [0.1, 0.15) is 34.6 Å². The summed E-state index contributed by atoms with van der Waals surface area (Å²) >= 11 is 0. The molecule has 0 radical (unpaired) electrons. The standard InChI is InChI=1S/C10H21N3O2/c1-6(2)7(12-9(11)15)8(14)13-10(3,4)5/h6-7H,1-5H3,(H,13,14)(H3,11,12,15). The predicted octanol–water partition coefficient (Wildman–Crippen LogP) is 0.594. The molecule has 1 unspecified atom stereocenters. The number of hydrogen-bond acceptors (Lipinski definition) is 2. The van der Waals surface area contributed by atoms with E-state index in [9.17, 15) is 9.59 Å². The molecule has 15 heavy (non-hydrogen) atoms. The first-order chi connectivity index (χ1) is 6.63. The molecule has 0 aliphatic carbocycles. The Kier molecular flexibility index (Phi) is 4.58. The molecular formula is C10H21N3O2. The minimum Gasteiger partial charge on any atom is -0.352 e. The van der Waals surface area contributed by atoms with Gasteiger partial charge in [-0.3, -0.25) is 4.79 Å². The largest absolute Gasteiger partial charge is 0.352 e. The van der Waals surface area contributed by atoms with Gasteiger partial charge in [0.2, 0.25) is 5.91 Å². The predicted molar refractivity (Wildman–Crippen MR) is 59.2 cm³/mol. The molecule has 0 rings (SSSR count). The minimum atomic E-state index is -0.683. The van der Waals surface area contributed by atoms with Gasteiger partial charge in [0, 0.05) is 5.54 Å². The van der Waals surface area contributed by atoms with E-state index in [0.717, 1.165) is 0 Å². The van der Waals surface area contributed by atoms with Crippen LogP contribution in [0.25, 0.3) is 0 Å². The van der Waals surface area contributed by atoms with Crippen molar-refractivity contribution in [2.24, 2.45) is 11.7 Å². The summed E-state index contributed by atoms with van der Waals surface area (Å²) in [4.78, 5) is 22.5. The van der Waals surface area contributed by atoms with Crippen LogP contribution in [0.2, 0.25) is 0 Å². The fourth-order valence-corrected chi connectivity index (χ4v) is 1.14. The molecule has 0 bridgehead atoms. The fourth-order valence-electron chi connectivity index (χ4n) is 1.14. The quantitative estimate of drug-likeness (QED) is 0.644. The number of nitrogens with two attached hydrogens (primary N) is 1. The summed E-state index contributed by atoms with van der Waals surface area (Å²) in [7, 11) is 0.